The minimum atomic E-state index is 0.559. The second-order valence-corrected chi connectivity index (χ2v) is 5.53. The summed E-state index contributed by atoms with van der Waals surface area (Å²) in [5.41, 5.74) is 7.84. The van der Waals surface area contributed by atoms with E-state index in [0.29, 0.717) is 11.7 Å². The van der Waals surface area contributed by atoms with Crippen molar-refractivity contribution in [2.45, 2.75) is 25.8 Å². The van der Waals surface area contributed by atoms with Gasteiger partial charge in [0.25, 0.3) is 0 Å². The van der Waals surface area contributed by atoms with E-state index in [4.69, 9.17) is 5.73 Å². The fourth-order valence-corrected chi connectivity index (χ4v) is 2.91. The van der Waals surface area contributed by atoms with Gasteiger partial charge in [-0.1, -0.05) is 0 Å². The van der Waals surface area contributed by atoms with Gasteiger partial charge < -0.3 is 5.73 Å². The first-order valence-corrected chi connectivity index (χ1v) is 7.34. The zero-order valence-corrected chi connectivity index (χ0v) is 12.0. The number of piperidine rings is 1. The van der Waals surface area contributed by atoms with Crippen molar-refractivity contribution in [1.82, 2.24) is 24.8 Å². The third-order valence-corrected chi connectivity index (χ3v) is 3.89. The molecule has 2 aromatic heterocycles. The molecule has 2 aromatic rings. The normalized spacial score (nSPS) is 19.5. The van der Waals surface area contributed by atoms with E-state index in [2.05, 4.69) is 24.8 Å². The van der Waals surface area contributed by atoms with Crippen molar-refractivity contribution in [2.75, 3.05) is 18.8 Å². The summed E-state index contributed by atoms with van der Waals surface area (Å²) in [6, 6.07) is 0. The summed E-state index contributed by atoms with van der Waals surface area (Å²) in [6.07, 6.45) is 12.0. The largest absolute Gasteiger partial charge is 0.382 e. The summed E-state index contributed by atoms with van der Waals surface area (Å²) in [5, 5.41) is 0. The second-order valence-electron chi connectivity index (χ2n) is 5.53. The van der Waals surface area contributed by atoms with Crippen LogP contribution in [0.2, 0.25) is 0 Å². The molecule has 0 radical (unpaired) electrons. The summed E-state index contributed by atoms with van der Waals surface area (Å²) in [4.78, 5) is 19.4. The highest BCUT2D eigenvalue weighted by Crippen LogP contribution is 2.22. The number of aromatic nitrogens is 4. The van der Waals surface area contributed by atoms with Gasteiger partial charge in [0, 0.05) is 44.1 Å². The number of nitrogens with zero attached hydrogens (tertiary/aromatic N) is 5. The van der Waals surface area contributed by atoms with Gasteiger partial charge in [0.2, 0.25) is 0 Å². The molecule has 0 saturated carbocycles. The molecular weight excluding hydrogens is 264 g/mol. The first-order chi connectivity index (χ1) is 10.3. The summed E-state index contributed by atoms with van der Waals surface area (Å²) < 4.78 is 0. The molecule has 0 aromatic carbocycles. The van der Waals surface area contributed by atoms with Gasteiger partial charge in [-0.2, -0.15) is 0 Å². The fourth-order valence-electron chi connectivity index (χ4n) is 2.91. The number of anilines is 1. The Labute approximate surface area is 124 Å². The van der Waals surface area contributed by atoms with Crippen LogP contribution in [0.3, 0.4) is 0 Å². The van der Waals surface area contributed by atoms with E-state index < -0.39 is 0 Å². The van der Waals surface area contributed by atoms with Gasteiger partial charge in [-0.05, 0) is 31.7 Å². The summed E-state index contributed by atoms with van der Waals surface area (Å²) >= 11 is 0. The Balaban J connectivity index is 1.60. The minimum absolute atomic E-state index is 0.559. The maximum Gasteiger partial charge on any atom is 0.145 e. The molecule has 0 aliphatic carbocycles. The fraction of sp³-hybridized carbons (Fsp3) is 0.467. The van der Waals surface area contributed by atoms with Crippen LogP contribution in [0, 0.1) is 5.92 Å². The van der Waals surface area contributed by atoms with E-state index in [1.165, 1.54) is 12.8 Å². The maximum absolute atomic E-state index is 5.89. The smallest absolute Gasteiger partial charge is 0.145 e. The van der Waals surface area contributed by atoms with Crippen molar-refractivity contribution in [2.24, 2.45) is 5.92 Å². The SMILES string of the molecule is Nc1nccnc1C[C@@H]1CCCN(Cc2cnccn2)C1. The number of hydrogen-bond acceptors (Lipinski definition) is 6. The van der Waals surface area contributed by atoms with Crippen LogP contribution in [0.4, 0.5) is 5.82 Å². The van der Waals surface area contributed by atoms with E-state index in [-0.39, 0.29) is 0 Å². The van der Waals surface area contributed by atoms with Crippen LogP contribution in [0.25, 0.3) is 0 Å². The third kappa shape index (κ3) is 3.72. The van der Waals surface area contributed by atoms with Crippen molar-refractivity contribution in [3.8, 4) is 0 Å². The summed E-state index contributed by atoms with van der Waals surface area (Å²) in [5.74, 6) is 1.14. The Morgan fingerprint density at radius 1 is 1.14 bits per heavy atom. The van der Waals surface area contributed by atoms with Crippen LogP contribution in [-0.2, 0) is 13.0 Å². The first-order valence-electron chi connectivity index (χ1n) is 7.34. The lowest BCUT2D eigenvalue weighted by Crippen LogP contribution is -2.36. The zero-order chi connectivity index (χ0) is 14.5. The molecule has 110 valence electrons. The van der Waals surface area contributed by atoms with E-state index in [1.807, 2.05) is 6.20 Å². The standard InChI is InChI=1S/C15H20N6/c16-15-14(19-5-6-20-15)8-12-2-1-7-21(10-12)11-13-9-17-3-4-18-13/h3-6,9,12H,1-2,7-8,10-11H2,(H2,16,20)/t12-/m0/s1. The Kier molecular flexibility index (Phi) is 4.35. The topological polar surface area (TPSA) is 80.8 Å². The van der Waals surface area contributed by atoms with Crippen LogP contribution < -0.4 is 5.73 Å². The Morgan fingerprint density at radius 3 is 2.81 bits per heavy atom. The van der Waals surface area contributed by atoms with Gasteiger partial charge in [0.1, 0.15) is 5.82 Å². The zero-order valence-electron chi connectivity index (χ0n) is 12.0. The Morgan fingerprint density at radius 2 is 2.00 bits per heavy atom. The maximum atomic E-state index is 5.89. The average molecular weight is 284 g/mol. The highest BCUT2D eigenvalue weighted by molar-refractivity contribution is 5.33. The molecule has 6 heteroatoms. The monoisotopic (exact) mass is 284 g/mol. The second kappa shape index (κ2) is 6.58. The first kappa shape index (κ1) is 13.9. The predicted molar refractivity (Wildman–Crippen MR) is 80.2 cm³/mol. The van der Waals surface area contributed by atoms with Gasteiger partial charge in [0.15, 0.2) is 0 Å². The van der Waals surface area contributed by atoms with Crippen molar-refractivity contribution in [3.05, 3.63) is 42.4 Å². The third-order valence-electron chi connectivity index (χ3n) is 3.89. The van der Waals surface area contributed by atoms with Crippen LogP contribution in [0.5, 0.6) is 0 Å². The molecular formula is C15H20N6. The predicted octanol–water partition coefficient (Wildman–Crippen LogP) is 1.30. The number of nitrogen functional groups attached to an aromatic ring is 1. The molecule has 0 spiro atoms. The quantitative estimate of drug-likeness (QED) is 0.911. The van der Waals surface area contributed by atoms with Crippen LogP contribution in [0.1, 0.15) is 24.2 Å². The van der Waals surface area contributed by atoms with Gasteiger partial charge in [-0.25, -0.2) is 4.98 Å². The van der Waals surface area contributed by atoms with Crippen molar-refractivity contribution < 1.29 is 0 Å². The molecule has 1 fully saturated rings. The summed E-state index contributed by atoms with van der Waals surface area (Å²) in [7, 11) is 0. The minimum Gasteiger partial charge on any atom is -0.382 e. The molecule has 3 heterocycles. The van der Waals surface area contributed by atoms with E-state index in [0.717, 1.165) is 37.4 Å². The molecule has 1 aliphatic rings. The number of hydrogen-bond donors (Lipinski definition) is 1. The van der Waals surface area contributed by atoms with Crippen LogP contribution in [0.15, 0.2) is 31.0 Å². The summed E-state index contributed by atoms with van der Waals surface area (Å²) in [6.45, 7) is 3.02. The molecule has 0 bridgehead atoms. The lowest BCUT2D eigenvalue weighted by Gasteiger charge is -2.32. The van der Waals surface area contributed by atoms with Gasteiger partial charge in [-0.3, -0.25) is 19.9 Å². The Bertz CT molecular complexity index is 573. The Hall–Kier alpha value is -2.08. The molecule has 0 amide bonds. The molecule has 2 N–H and O–H groups in total. The van der Waals surface area contributed by atoms with E-state index in [9.17, 15) is 0 Å². The van der Waals surface area contributed by atoms with Crippen LogP contribution >= 0.6 is 0 Å². The van der Waals surface area contributed by atoms with Gasteiger partial charge in [0.05, 0.1) is 11.4 Å². The number of rotatable bonds is 4. The highest BCUT2D eigenvalue weighted by Gasteiger charge is 2.21. The molecule has 1 saturated heterocycles. The molecule has 1 aliphatic heterocycles. The average Bonchev–Trinajstić information content (AvgIpc) is 2.51. The highest BCUT2D eigenvalue weighted by atomic mass is 15.1. The molecule has 21 heavy (non-hydrogen) atoms. The lowest BCUT2D eigenvalue weighted by molar-refractivity contribution is 0.164. The van der Waals surface area contributed by atoms with Crippen molar-refractivity contribution in [1.29, 1.82) is 0 Å². The van der Waals surface area contributed by atoms with Crippen molar-refractivity contribution in [3.63, 3.8) is 0 Å². The van der Waals surface area contributed by atoms with Crippen LogP contribution in [-0.4, -0.2) is 37.9 Å². The van der Waals surface area contributed by atoms with E-state index >= 15 is 0 Å². The van der Waals surface area contributed by atoms with Gasteiger partial charge in [-0.15, -0.1) is 0 Å². The molecule has 0 unspecified atom stereocenters. The van der Waals surface area contributed by atoms with E-state index in [1.54, 1.807) is 24.8 Å². The van der Waals surface area contributed by atoms with Gasteiger partial charge >= 0.3 is 0 Å². The molecule has 6 nitrogen and oxygen atoms in total. The lowest BCUT2D eigenvalue weighted by atomic mass is 9.93. The molecule has 1 atom stereocenters. The number of nitrogens with two attached hydrogens (primary N) is 1. The molecule has 3 rings (SSSR count). The number of likely N-dealkylation sites (tertiary alicyclic amines) is 1. The van der Waals surface area contributed by atoms with Crippen molar-refractivity contribution >= 4 is 5.82 Å².